The van der Waals surface area contributed by atoms with Crippen molar-refractivity contribution < 1.29 is 4.79 Å². The summed E-state index contributed by atoms with van der Waals surface area (Å²) in [7, 11) is 0. The second kappa shape index (κ2) is 6.20. The molecule has 0 saturated carbocycles. The number of hydrogen-bond acceptors (Lipinski definition) is 3. The van der Waals surface area contributed by atoms with Gasteiger partial charge in [0.15, 0.2) is 0 Å². The molecule has 3 N–H and O–H groups in total. The quantitative estimate of drug-likeness (QED) is 0.910. The van der Waals surface area contributed by atoms with Crippen LogP contribution in [0.15, 0.2) is 48.5 Å². The van der Waals surface area contributed by atoms with Gasteiger partial charge in [-0.15, -0.1) is 0 Å². The van der Waals surface area contributed by atoms with Gasteiger partial charge in [-0.1, -0.05) is 41.9 Å². The Hall–Kier alpha value is -2.35. The summed E-state index contributed by atoms with van der Waals surface area (Å²) in [6.07, 6.45) is 0. The monoisotopic (exact) mass is 285 g/mol. The number of hydrogen-bond donors (Lipinski definition) is 2. The zero-order chi connectivity index (χ0) is 14.5. The van der Waals surface area contributed by atoms with Crippen LogP contribution >= 0.6 is 11.6 Å². The predicted molar refractivity (Wildman–Crippen MR) is 78.2 cm³/mol. The van der Waals surface area contributed by atoms with Crippen LogP contribution in [0, 0.1) is 11.3 Å². The maximum Gasteiger partial charge on any atom is 0.245 e. The summed E-state index contributed by atoms with van der Waals surface area (Å²) in [5.74, 6) is -0.336. The SMILES string of the molecule is N#Cc1ccc(NC(=O)C(N)c2ccccc2)cc1Cl. The molecule has 0 radical (unpaired) electrons. The third-order valence-corrected chi connectivity index (χ3v) is 3.11. The van der Waals surface area contributed by atoms with E-state index in [4.69, 9.17) is 22.6 Å². The molecule has 4 nitrogen and oxygen atoms in total. The lowest BCUT2D eigenvalue weighted by Crippen LogP contribution is -2.27. The number of carbonyl (C=O) groups excluding carboxylic acids is 1. The van der Waals surface area contributed by atoms with E-state index >= 15 is 0 Å². The third kappa shape index (κ3) is 3.15. The van der Waals surface area contributed by atoms with Crippen molar-refractivity contribution in [2.24, 2.45) is 5.73 Å². The number of carbonyl (C=O) groups is 1. The van der Waals surface area contributed by atoms with Gasteiger partial charge in [-0.2, -0.15) is 5.26 Å². The van der Waals surface area contributed by atoms with Crippen LogP contribution in [-0.2, 0) is 4.79 Å². The topological polar surface area (TPSA) is 78.9 Å². The molecule has 0 aliphatic heterocycles. The fourth-order valence-electron chi connectivity index (χ4n) is 1.72. The lowest BCUT2D eigenvalue weighted by molar-refractivity contribution is -0.117. The first-order valence-electron chi connectivity index (χ1n) is 5.93. The van der Waals surface area contributed by atoms with Crippen molar-refractivity contribution in [3.8, 4) is 6.07 Å². The molecule has 1 atom stereocenters. The van der Waals surface area contributed by atoms with Gasteiger partial charge in [-0.3, -0.25) is 4.79 Å². The zero-order valence-electron chi connectivity index (χ0n) is 10.5. The van der Waals surface area contributed by atoms with Gasteiger partial charge in [0.1, 0.15) is 12.1 Å². The minimum atomic E-state index is -0.759. The minimum absolute atomic E-state index is 0.290. The van der Waals surface area contributed by atoms with Crippen LogP contribution in [0.3, 0.4) is 0 Å². The zero-order valence-corrected chi connectivity index (χ0v) is 11.3. The highest BCUT2D eigenvalue weighted by molar-refractivity contribution is 6.32. The number of nitrogens with two attached hydrogens (primary N) is 1. The largest absolute Gasteiger partial charge is 0.324 e. The Morgan fingerprint density at radius 2 is 1.95 bits per heavy atom. The van der Waals surface area contributed by atoms with Crippen molar-refractivity contribution in [1.29, 1.82) is 5.26 Å². The van der Waals surface area contributed by atoms with E-state index in [2.05, 4.69) is 5.32 Å². The van der Waals surface area contributed by atoms with Crippen LogP contribution in [0.25, 0.3) is 0 Å². The molecule has 20 heavy (non-hydrogen) atoms. The number of rotatable bonds is 3. The van der Waals surface area contributed by atoms with Crippen LogP contribution in [0.5, 0.6) is 0 Å². The fraction of sp³-hybridized carbons (Fsp3) is 0.0667. The second-order valence-corrected chi connectivity index (χ2v) is 4.59. The molecular formula is C15H12ClN3O. The van der Waals surface area contributed by atoms with Crippen LogP contribution in [-0.4, -0.2) is 5.91 Å². The summed E-state index contributed by atoms with van der Waals surface area (Å²) in [6.45, 7) is 0. The first-order valence-corrected chi connectivity index (χ1v) is 6.30. The molecule has 0 heterocycles. The Morgan fingerprint density at radius 3 is 2.55 bits per heavy atom. The predicted octanol–water partition coefficient (Wildman–Crippen LogP) is 2.85. The molecule has 5 heteroatoms. The highest BCUT2D eigenvalue weighted by Crippen LogP contribution is 2.21. The van der Waals surface area contributed by atoms with E-state index < -0.39 is 6.04 Å². The first kappa shape index (κ1) is 14.1. The van der Waals surface area contributed by atoms with E-state index in [1.807, 2.05) is 24.3 Å². The highest BCUT2D eigenvalue weighted by Gasteiger charge is 2.15. The average Bonchev–Trinajstić information content (AvgIpc) is 2.47. The van der Waals surface area contributed by atoms with Crippen molar-refractivity contribution >= 4 is 23.2 Å². The van der Waals surface area contributed by atoms with E-state index in [-0.39, 0.29) is 5.91 Å². The van der Waals surface area contributed by atoms with Gasteiger partial charge in [0.25, 0.3) is 0 Å². The third-order valence-electron chi connectivity index (χ3n) is 2.80. The molecule has 100 valence electrons. The van der Waals surface area contributed by atoms with Crippen molar-refractivity contribution in [3.05, 3.63) is 64.7 Å². The van der Waals surface area contributed by atoms with E-state index in [1.165, 1.54) is 6.07 Å². The number of nitrogens with zero attached hydrogens (tertiary/aromatic N) is 1. The van der Waals surface area contributed by atoms with Gasteiger partial charge in [-0.25, -0.2) is 0 Å². The average molecular weight is 286 g/mol. The molecule has 0 aliphatic rings. The summed E-state index contributed by atoms with van der Waals surface area (Å²) in [5.41, 5.74) is 7.47. The van der Waals surface area contributed by atoms with E-state index in [0.29, 0.717) is 16.3 Å². The molecule has 2 aromatic carbocycles. The number of benzene rings is 2. The normalized spacial score (nSPS) is 11.4. The number of nitriles is 1. The Kier molecular flexibility index (Phi) is 4.36. The van der Waals surface area contributed by atoms with Gasteiger partial charge in [0.2, 0.25) is 5.91 Å². The van der Waals surface area contributed by atoms with E-state index in [1.54, 1.807) is 24.3 Å². The van der Waals surface area contributed by atoms with Gasteiger partial charge < -0.3 is 11.1 Å². The van der Waals surface area contributed by atoms with E-state index in [0.717, 1.165) is 5.56 Å². The van der Waals surface area contributed by atoms with Gasteiger partial charge in [0.05, 0.1) is 10.6 Å². The smallest absolute Gasteiger partial charge is 0.245 e. The standard InChI is InChI=1S/C15H12ClN3O/c16-13-8-12(7-6-11(13)9-17)19-15(20)14(18)10-4-2-1-3-5-10/h1-8,14H,18H2,(H,19,20). The van der Waals surface area contributed by atoms with Crippen LogP contribution < -0.4 is 11.1 Å². The number of amides is 1. The van der Waals surface area contributed by atoms with Gasteiger partial charge in [-0.05, 0) is 23.8 Å². The van der Waals surface area contributed by atoms with Crippen molar-refractivity contribution in [2.45, 2.75) is 6.04 Å². The minimum Gasteiger partial charge on any atom is -0.324 e. The molecule has 0 bridgehead atoms. The van der Waals surface area contributed by atoms with Crippen molar-refractivity contribution in [3.63, 3.8) is 0 Å². The van der Waals surface area contributed by atoms with Crippen LogP contribution in [0.1, 0.15) is 17.2 Å². The number of anilines is 1. The fourth-order valence-corrected chi connectivity index (χ4v) is 1.94. The molecule has 1 amide bonds. The molecule has 1 unspecified atom stereocenters. The molecule has 0 aliphatic carbocycles. The highest BCUT2D eigenvalue weighted by atomic mass is 35.5. The lowest BCUT2D eigenvalue weighted by Gasteiger charge is -2.12. The number of halogens is 1. The van der Waals surface area contributed by atoms with Gasteiger partial charge >= 0.3 is 0 Å². The number of nitrogens with one attached hydrogen (secondary N) is 1. The molecule has 2 rings (SSSR count). The Labute approximate surface area is 121 Å². The summed E-state index contributed by atoms with van der Waals surface area (Å²) < 4.78 is 0. The summed E-state index contributed by atoms with van der Waals surface area (Å²) in [6, 6.07) is 15.0. The Bertz CT molecular complexity index is 665. The summed E-state index contributed by atoms with van der Waals surface area (Å²) in [5, 5.41) is 11.8. The maximum atomic E-state index is 12.0. The molecule has 0 saturated heterocycles. The van der Waals surface area contributed by atoms with Crippen molar-refractivity contribution in [2.75, 3.05) is 5.32 Å². The molecule has 2 aromatic rings. The van der Waals surface area contributed by atoms with Crippen molar-refractivity contribution in [1.82, 2.24) is 0 Å². The van der Waals surface area contributed by atoms with Crippen LogP contribution in [0.4, 0.5) is 5.69 Å². The Morgan fingerprint density at radius 1 is 1.25 bits per heavy atom. The molecule has 0 fully saturated rings. The summed E-state index contributed by atoms with van der Waals surface area (Å²) >= 11 is 5.90. The molecule has 0 spiro atoms. The maximum absolute atomic E-state index is 12.0. The van der Waals surface area contributed by atoms with Gasteiger partial charge in [0, 0.05) is 5.69 Å². The first-order chi connectivity index (χ1) is 9.61. The lowest BCUT2D eigenvalue weighted by atomic mass is 10.1. The second-order valence-electron chi connectivity index (χ2n) is 4.18. The molecular weight excluding hydrogens is 274 g/mol. The summed E-state index contributed by atoms with van der Waals surface area (Å²) in [4.78, 5) is 12.0. The Balaban J connectivity index is 2.12. The van der Waals surface area contributed by atoms with E-state index in [9.17, 15) is 4.79 Å². The molecule has 0 aromatic heterocycles. The van der Waals surface area contributed by atoms with Crippen LogP contribution in [0.2, 0.25) is 5.02 Å².